The third-order valence-electron chi connectivity index (χ3n) is 6.57. The minimum atomic E-state index is -0.143. The molecule has 6 nitrogen and oxygen atoms in total. The van der Waals surface area contributed by atoms with Crippen LogP contribution in [0.25, 0.3) is 0 Å². The Morgan fingerprint density at radius 2 is 1.09 bits per heavy atom. The molecule has 4 atom stereocenters. The molecule has 2 saturated heterocycles. The predicted octanol–water partition coefficient (Wildman–Crippen LogP) is 3.74. The summed E-state index contributed by atoms with van der Waals surface area (Å²) in [5.74, 6) is 0.0196. The Bertz CT molecular complexity index is 829. The first-order chi connectivity index (χ1) is 15.6. The number of ether oxygens (including phenoxy) is 2. The van der Waals surface area contributed by atoms with Crippen LogP contribution in [0.4, 0.5) is 0 Å². The Labute approximate surface area is 190 Å². The lowest BCUT2D eigenvalue weighted by Gasteiger charge is -2.41. The average molecular weight is 437 g/mol. The van der Waals surface area contributed by atoms with Gasteiger partial charge in [0, 0.05) is 25.9 Å². The highest BCUT2D eigenvalue weighted by Crippen LogP contribution is 2.30. The minimum absolute atomic E-state index is 0.00982. The number of benzene rings is 2. The van der Waals surface area contributed by atoms with Crippen LogP contribution in [0.15, 0.2) is 60.7 Å². The molecule has 2 aliphatic heterocycles. The zero-order valence-corrected chi connectivity index (χ0v) is 18.9. The Hall–Kier alpha value is -2.70. The van der Waals surface area contributed by atoms with E-state index in [0.717, 1.165) is 11.1 Å². The maximum Gasteiger partial charge on any atom is 0.223 e. The summed E-state index contributed by atoms with van der Waals surface area (Å²) in [6.45, 7) is 6.16. The normalized spacial score (nSPS) is 26.1. The first kappa shape index (κ1) is 22.5. The van der Waals surface area contributed by atoms with E-state index in [1.165, 1.54) is 0 Å². The molecule has 2 amide bonds. The highest BCUT2D eigenvalue weighted by Gasteiger charge is 2.35. The van der Waals surface area contributed by atoms with E-state index in [1.807, 2.05) is 84.3 Å². The molecular formula is C26H32N2O4. The molecule has 2 heterocycles. The molecule has 2 aromatic rings. The largest absolute Gasteiger partial charge is 0.370 e. The monoisotopic (exact) mass is 436 g/mol. The van der Waals surface area contributed by atoms with Crippen molar-refractivity contribution < 1.29 is 19.1 Å². The molecule has 170 valence electrons. The van der Waals surface area contributed by atoms with E-state index in [9.17, 15) is 9.59 Å². The van der Waals surface area contributed by atoms with Crippen LogP contribution in [0.1, 0.15) is 50.0 Å². The Kier molecular flexibility index (Phi) is 7.22. The summed E-state index contributed by atoms with van der Waals surface area (Å²) in [4.78, 5) is 29.8. The number of hydrogen-bond acceptors (Lipinski definition) is 4. The van der Waals surface area contributed by atoms with Crippen molar-refractivity contribution in [1.82, 2.24) is 9.80 Å². The van der Waals surface area contributed by atoms with Crippen molar-refractivity contribution >= 4 is 11.8 Å². The van der Waals surface area contributed by atoms with Gasteiger partial charge in [-0.1, -0.05) is 60.7 Å². The third-order valence-corrected chi connectivity index (χ3v) is 6.57. The summed E-state index contributed by atoms with van der Waals surface area (Å²) in [6, 6.07) is 19.9. The number of morpholine rings is 2. The van der Waals surface area contributed by atoms with Crippen molar-refractivity contribution in [3.63, 3.8) is 0 Å². The van der Waals surface area contributed by atoms with Crippen molar-refractivity contribution in [1.29, 1.82) is 0 Å². The summed E-state index contributed by atoms with van der Waals surface area (Å²) >= 11 is 0. The zero-order chi connectivity index (χ0) is 22.5. The van der Waals surface area contributed by atoms with Crippen molar-refractivity contribution in [3.8, 4) is 0 Å². The topological polar surface area (TPSA) is 59.1 Å². The van der Waals surface area contributed by atoms with Gasteiger partial charge in [-0.25, -0.2) is 0 Å². The molecule has 6 heteroatoms. The molecule has 0 saturated carbocycles. The molecule has 0 spiro atoms. The molecule has 0 unspecified atom stereocenters. The Balaban J connectivity index is 1.34. The van der Waals surface area contributed by atoms with Crippen LogP contribution in [-0.2, 0) is 19.1 Å². The molecule has 2 aromatic carbocycles. The minimum Gasteiger partial charge on any atom is -0.370 e. The van der Waals surface area contributed by atoms with E-state index in [1.54, 1.807) is 0 Å². The molecule has 2 fully saturated rings. The van der Waals surface area contributed by atoms with Crippen LogP contribution in [0.2, 0.25) is 0 Å². The molecule has 32 heavy (non-hydrogen) atoms. The molecular weight excluding hydrogens is 404 g/mol. The summed E-state index contributed by atoms with van der Waals surface area (Å²) < 4.78 is 11.9. The first-order valence-corrected chi connectivity index (χ1v) is 11.5. The zero-order valence-electron chi connectivity index (χ0n) is 18.9. The van der Waals surface area contributed by atoms with Crippen LogP contribution in [0.5, 0.6) is 0 Å². The third kappa shape index (κ3) is 4.87. The van der Waals surface area contributed by atoms with Crippen molar-refractivity contribution in [2.75, 3.05) is 26.3 Å². The van der Waals surface area contributed by atoms with Crippen molar-refractivity contribution in [2.45, 2.75) is 51.0 Å². The Morgan fingerprint density at radius 1 is 0.719 bits per heavy atom. The molecule has 0 radical (unpaired) electrons. The van der Waals surface area contributed by atoms with Gasteiger partial charge >= 0.3 is 0 Å². The van der Waals surface area contributed by atoms with Gasteiger partial charge < -0.3 is 19.3 Å². The standard InChI is InChI=1S/C26H32N2O4/c1-19-25(21-9-5-3-6-10-21)31-17-15-27(19)23(29)13-14-24(30)28-16-18-32-26(20(28)2)22-11-7-4-8-12-22/h3-12,19-20,25-26H,13-18H2,1-2H3/t19-,20-,25-,26+/m1/s1. The van der Waals surface area contributed by atoms with Gasteiger partial charge in [0.1, 0.15) is 12.2 Å². The second-order valence-corrected chi connectivity index (χ2v) is 8.56. The lowest BCUT2D eigenvalue weighted by atomic mass is 9.99. The van der Waals surface area contributed by atoms with Crippen molar-refractivity contribution in [3.05, 3.63) is 71.8 Å². The number of rotatable bonds is 5. The van der Waals surface area contributed by atoms with E-state index in [2.05, 4.69) is 0 Å². The maximum atomic E-state index is 13.0. The van der Waals surface area contributed by atoms with Crippen LogP contribution in [-0.4, -0.2) is 60.0 Å². The molecule has 4 rings (SSSR count). The quantitative estimate of drug-likeness (QED) is 0.716. The fraction of sp³-hybridized carbons (Fsp3) is 0.462. The van der Waals surface area contributed by atoms with E-state index in [4.69, 9.17) is 9.47 Å². The SMILES string of the molecule is C[C@@H]1[C@@H](c2ccccc2)OCCN1C(=O)CCC(=O)N1CCO[C@@H](c2ccccc2)[C@H]1C. The van der Waals surface area contributed by atoms with Crippen LogP contribution >= 0.6 is 0 Å². The lowest BCUT2D eigenvalue weighted by molar-refractivity contribution is -0.151. The fourth-order valence-corrected chi connectivity index (χ4v) is 4.81. The van der Waals surface area contributed by atoms with E-state index >= 15 is 0 Å². The van der Waals surface area contributed by atoms with E-state index in [0.29, 0.717) is 26.3 Å². The summed E-state index contributed by atoms with van der Waals surface area (Å²) in [5, 5.41) is 0. The van der Waals surface area contributed by atoms with E-state index < -0.39 is 0 Å². The molecule has 2 aliphatic rings. The predicted molar refractivity (Wildman–Crippen MR) is 122 cm³/mol. The van der Waals surface area contributed by atoms with Gasteiger partial charge in [-0.05, 0) is 25.0 Å². The fourth-order valence-electron chi connectivity index (χ4n) is 4.81. The first-order valence-electron chi connectivity index (χ1n) is 11.5. The number of nitrogens with zero attached hydrogens (tertiary/aromatic N) is 2. The van der Waals surface area contributed by atoms with Gasteiger partial charge in [-0.2, -0.15) is 0 Å². The number of carbonyl (C=O) groups is 2. The van der Waals surface area contributed by atoms with Gasteiger partial charge in [-0.15, -0.1) is 0 Å². The maximum absolute atomic E-state index is 13.0. The average Bonchev–Trinajstić information content (AvgIpc) is 2.83. The van der Waals surface area contributed by atoms with Crippen LogP contribution < -0.4 is 0 Å². The summed E-state index contributed by atoms with van der Waals surface area (Å²) in [7, 11) is 0. The van der Waals surface area contributed by atoms with Crippen molar-refractivity contribution in [2.24, 2.45) is 0 Å². The number of hydrogen-bond donors (Lipinski definition) is 0. The smallest absolute Gasteiger partial charge is 0.223 e. The van der Waals surface area contributed by atoms with Gasteiger partial charge in [0.05, 0.1) is 25.3 Å². The lowest BCUT2D eigenvalue weighted by Crippen LogP contribution is -2.50. The second-order valence-electron chi connectivity index (χ2n) is 8.56. The number of carbonyl (C=O) groups excluding carboxylic acids is 2. The van der Waals surface area contributed by atoms with Crippen LogP contribution in [0.3, 0.4) is 0 Å². The molecule has 0 N–H and O–H groups in total. The van der Waals surface area contributed by atoms with Gasteiger partial charge in [0.25, 0.3) is 0 Å². The van der Waals surface area contributed by atoms with Gasteiger partial charge in [0.15, 0.2) is 0 Å². The highest BCUT2D eigenvalue weighted by molar-refractivity contribution is 5.84. The highest BCUT2D eigenvalue weighted by atomic mass is 16.5. The molecule has 0 bridgehead atoms. The molecule has 0 aliphatic carbocycles. The van der Waals surface area contributed by atoms with E-state index in [-0.39, 0.29) is 48.9 Å². The summed E-state index contributed by atoms with van der Waals surface area (Å²) in [6.07, 6.45) is 0.140. The number of amides is 2. The van der Waals surface area contributed by atoms with Gasteiger partial charge in [-0.3, -0.25) is 9.59 Å². The van der Waals surface area contributed by atoms with Crippen LogP contribution in [0, 0.1) is 0 Å². The second kappa shape index (κ2) is 10.3. The van der Waals surface area contributed by atoms with Gasteiger partial charge in [0.2, 0.25) is 11.8 Å². The summed E-state index contributed by atoms with van der Waals surface area (Å²) in [5.41, 5.74) is 2.14. The molecule has 0 aromatic heterocycles. The Morgan fingerprint density at radius 3 is 1.47 bits per heavy atom.